The molecular weight excluding hydrogens is 456 g/mol. The first kappa shape index (κ1) is 28.3. The van der Waals surface area contributed by atoms with Crippen molar-refractivity contribution in [2.45, 2.75) is 96.9 Å². The third-order valence-corrected chi connectivity index (χ3v) is 11.7. The number of piperazine rings is 1. The molecule has 36 heavy (non-hydrogen) atoms. The van der Waals surface area contributed by atoms with Crippen molar-refractivity contribution in [2.75, 3.05) is 33.2 Å². The van der Waals surface area contributed by atoms with Crippen LogP contribution in [0.3, 0.4) is 0 Å². The number of carboxylic acid groups (broad SMARTS) is 1. The zero-order valence-corrected chi connectivity index (χ0v) is 23.0. The van der Waals surface area contributed by atoms with Crippen LogP contribution >= 0.6 is 0 Å². The molecule has 4 aliphatic carbocycles. The van der Waals surface area contributed by atoms with Gasteiger partial charge in [0, 0.05) is 32.6 Å². The monoisotopic (exact) mass is 508 g/mol. The van der Waals surface area contributed by atoms with Gasteiger partial charge in [-0.1, -0.05) is 20.8 Å². The molecule has 11 atom stereocenters. The van der Waals surface area contributed by atoms with E-state index in [2.05, 4.69) is 38.0 Å². The van der Waals surface area contributed by atoms with Crippen molar-refractivity contribution in [2.24, 2.45) is 46.3 Å². The van der Waals surface area contributed by atoms with E-state index in [-0.39, 0.29) is 41.3 Å². The highest BCUT2D eigenvalue weighted by atomic mass is 16.4. The molecule has 0 amide bonds. The molecule has 0 bridgehead atoms. The van der Waals surface area contributed by atoms with Gasteiger partial charge in [-0.15, -0.1) is 0 Å². The minimum atomic E-state index is -0.748. The molecule has 0 aromatic heterocycles. The number of nitrogens with zero attached hydrogens (tertiary/aromatic N) is 1. The third kappa shape index (κ3) is 5.25. The molecule has 0 aromatic carbocycles. The molecule has 5 N–H and O–H groups in total. The summed E-state index contributed by atoms with van der Waals surface area (Å²) in [5.74, 6) is 0.997. The summed E-state index contributed by atoms with van der Waals surface area (Å²) >= 11 is 0. The van der Waals surface area contributed by atoms with Gasteiger partial charge in [0.05, 0.1) is 18.3 Å². The number of aliphatic hydroxyl groups is 3. The number of hydrogen-bond donors (Lipinski definition) is 5. The second-order valence-corrected chi connectivity index (χ2v) is 13.5. The number of rotatable bonds is 4. The molecule has 4 saturated carbocycles. The van der Waals surface area contributed by atoms with Crippen molar-refractivity contribution in [1.82, 2.24) is 10.2 Å². The molecule has 0 aromatic rings. The summed E-state index contributed by atoms with van der Waals surface area (Å²) in [6.45, 7) is 11.5. The van der Waals surface area contributed by atoms with Crippen LogP contribution in [0.1, 0.15) is 78.6 Å². The molecular formula is C29H52N2O5. The van der Waals surface area contributed by atoms with Gasteiger partial charge in [-0.2, -0.15) is 0 Å². The van der Waals surface area contributed by atoms with Gasteiger partial charge < -0.3 is 30.6 Å². The molecule has 0 radical (unpaired) electrons. The van der Waals surface area contributed by atoms with Crippen LogP contribution in [0.5, 0.6) is 0 Å². The highest BCUT2D eigenvalue weighted by molar-refractivity contribution is 5.66. The molecule has 1 saturated heterocycles. The van der Waals surface area contributed by atoms with Gasteiger partial charge in [0.15, 0.2) is 0 Å². The Bertz CT molecular complexity index is 760. The predicted octanol–water partition coefficient (Wildman–Crippen LogP) is 2.97. The van der Waals surface area contributed by atoms with E-state index in [1.807, 2.05) is 0 Å². The first-order valence-corrected chi connectivity index (χ1v) is 14.6. The van der Waals surface area contributed by atoms with E-state index in [0.29, 0.717) is 30.1 Å². The van der Waals surface area contributed by atoms with Crippen molar-refractivity contribution in [3.05, 3.63) is 0 Å². The molecule has 5 aliphatic rings. The number of nitrogens with one attached hydrogen (secondary N) is 1. The van der Waals surface area contributed by atoms with Gasteiger partial charge in [-0.25, -0.2) is 0 Å². The van der Waals surface area contributed by atoms with Crippen molar-refractivity contribution in [3.8, 4) is 0 Å². The van der Waals surface area contributed by atoms with Crippen LogP contribution in [0.15, 0.2) is 0 Å². The summed E-state index contributed by atoms with van der Waals surface area (Å²) in [7, 11) is 2.15. The minimum Gasteiger partial charge on any atom is -0.481 e. The highest BCUT2D eigenvalue weighted by Crippen LogP contribution is 2.68. The summed E-state index contributed by atoms with van der Waals surface area (Å²) in [6.07, 6.45) is 6.00. The quantitative estimate of drug-likeness (QED) is 0.397. The lowest BCUT2D eigenvalue weighted by Gasteiger charge is -2.63. The van der Waals surface area contributed by atoms with E-state index in [0.717, 1.165) is 58.0 Å². The van der Waals surface area contributed by atoms with Crippen molar-refractivity contribution in [1.29, 1.82) is 0 Å². The van der Waals surface area contributed by atoms with E-state index >= 15 is 0 Å². The molecule has 11 unspecified atom stereocenters. The molecule has 1 aliphatic heterocycles. The summed E-state index contributed by atoms with van der Waals surface area (Å²) in [5.41, 5.74) is -0.143. The zero-order chi connectivity index (χ0) is 26.3. The van der Waals surface area contributed by atoms with E-state index < -0.39 is 12.1 Å². The number of aliphatic carboxylic acids is 1. The van der Waals surface area contributed by atoms with Gasteiger partial charge in [-0.3, -0.25) is 4.79 Å². The fourth-order valence-electron chi connectivity index (χ4n) is 9.46. The van der Waals surface area contributed by atoms with E-state index in [1.54, 1.807) is 0 Å². The van der Waals surface area contributed by atoms with Crippen molar-refractivity contribution < 1.29 is 25.2 Å². The van der Waals surface area contributed by atoms with E-state index in [9.17, 15) is 20.1 Å². The fourth-order valence-corrected chi connectivity index (χ4v) is 9.46. The summed E-state index contributed by atoms with van der Waals surface area (Å²) < 4.78 is 0. The molecule has 7 nitrogen and oxygen atoms in total. The Morgan fingerprint density at radius 3 is 2.33 bits per heavy atom. The van der Waals surface area contributed by atoms with E-state index in [4.69, 9.17) is 5.11 Å². The normalized spacial score (nSPS) is 47.5. The predicted molar refractivity (Wildman–Crippen MR) is 140 cm³/mol. The fraction of sp³-hybridized carbons (Fsp3) is 0.966. The van der Waals surface area contributed by atoms with Crippen LogP contribution in [0.4, 0.5) is 0 Å². The van der Waals surface area contributed by atoms with Crippen LogP contribution in [-0.4, -0.2) is 82.8 Å². The molecule has 0 spiro atoms. The largest absolute Gasteiger partial charge is 0.481 e. The van der Waals surface area contributed by atoms with Crippen LogP contribution in [-0.2, 0) is 4.79 Å². The first-order valence-electron chi connectivity index (χ1n) is 14.6. The Labute approximate surface area is 218 Å². The van der Waals surface area contributed by atoms with Crippen LogP contribution in [0, 0.1) is 46.3 Å². The number of aliphatic hydroxyl groups excluding tert-OH is 3. The average molecular weight is 509 g/mol. The van der Waals surface area contributed by atoms with Crippen LogP contribution in [0.2, 0.25) is 0 Å². The van der Waals surface area contributed by atoms with Crippen LogP contribution < -0.4 is 5.32 Å². The van der Waals surface area contributed by atoms with Crippen molar-refractivity contribution >= 4 is 5.97 Å². The van der Waals surface area contributed by atoms with Crippen LogP contribution in [0.25, 0.3) is 0 Å². The second kappa shape index (κ2) is 11.2. The number of fused-ring (bicyclic) bond motifs is 5. The van der Waals surface area contributed by atoms with E-state index in [1.165, 1.54) is 13.1 Å². The van der Waals surface area contributed by atoms with Gasteiger partial charge in [-0.05, 0) is 105 Å². The zero-order valence-electron chi connectivity index (χ0n) is 23.0. The smallest absolute Gasteiger partial charge is 0.303 e. The number of likely N-dealkylation sites (N-methyl/N-ethyl adjacent to an activating group) is 1. The standard InChI is InChI=1S/C24H40O5.C5H12N2/c1-13(4-7-21(28)29)16-5-6-17-22-18(12-20(27)24(16,17)3)23(2)9-8-15(25)10-14(23)11-19(22)26;1-7-4-2-6-3-5-7/h13-20,22,25-27H,4-12H2,1-3H3,(H,28,29);6H,2-5H2,1H3. The Morgan fingerprint density at radius 1 is 1.03 bits per heavy atom. The lowest BCUT2D eigenvalue weighted by atomic mass is 9.43. The number of carboxylic acids is 1. The molecule has 5 rings (SSSR count). The topological polar surface area (TPSA) is 113 Å². The van der Waals surface area contributed by atoms with Crippen molar-refractivity contribution in [3.63, 3.8) is 0 Å². The Balaban J connectivity index is 0.000000375. The Kier molecular flexibility index (Phi) is 8.78. The average Bonchev–Trinajstić information content (AvgIpc) is 3.19. The maximum absolute atomic E-state index is 11.5. The molecule has 5 fully saturated rings. The first-order chi connectivity index (χ1) is 17.0. The highest BCUT2D eigenvalue weighted by Gasteiger charge is 2.65. The third-order valence-electron chi connectivity index (χ3n) is 11.7. The Morgan fingerprint density at radius 2 is 1.72 bits per heavy atom. The van der Waals surface area contributed by atoms with Gasteiger partial charge in [0.25, 0.3) is 0 Å². The van der Waals surface area contributed by atoms with Gasteiger partial charge in [0.2, 0.25) is 0 Å². The van der Waals surface area contributed by atoms with Gasteiger partial charge in [0.1, 0.15) is 0 Å². The molecule has 7 heteroatoms. The summed E-state index contributed by atoms with van der Waals surface area (Å²) in [5, 5.41) is 45.3. The minimum absolute atomic E-state index is 0.0957. The summed E-state index contributed by atoms with van der Waals surface area (Å²) in [4.78, 5) is 13.4. The maximum Gasteiger partial charge on any atom is 0.303 e. The Hall–Kier alpha value is -0.730. The van der Waals surface area contributed by atoms with Gasteiger partial charge >= 0.3 is 5.97 Å². The lowest BCUT2D eigenvalue weighted by molar-refractivity contribution is -0.207. The molecule has 1 heterocycles. The summed E-state index contributed by atoms with van der Waals surface area (Å²) in [6, 6.07) is 0. The molecule has 208 valence electrons. The SMILES string of the molecule is CC(CCC(=O)O)C1CCC2C3C(O)CC4CC(O)CCC4(C)C3CC(O)C12C.CN1CCNCC1. The number of carbonyl (C=O) groups is 1. The lowest BCUT2D eigenvalue weighted by Crippen LogP contribution is -2.62. The second-order valence-electron chi connectivity index (χ2n) is 13.5. The maximum atomic E-state index is 11.5. The number of hydrogen-bond acceptors (Lipinski definition) is 6.